The molecule has 1 nitrogen and oxygen atoms in total. The van der Waals surface area contributed by atoms with Gasteiger partial charge in [-0.1, -0.05) is 6.07 Å². The van der Waals surface area contributed by atoms with Crippen molar-refractivity contribution in [3.63, 3.8) is 0 Å². The van der Waals surface area contributed by atoms with Gasteiger partial charge in [0.25, 0.3) is 0 Å². The predicted octanol–water partition coefficient (Wildman–Crippen LogP) is -1.54. The first-order valence-electron chi connectivity index (χ1n) is 3.22. The summed E-state index contributed by atoms with van der Waals surface area (Å²) < 4.78 is 0. The molecule has 3 heteroatoms. The maximum atomic E-state index is 4.04. The van der Waals surface area contributed by atoms with E-state index in [2.05, 4.69) is 23.6 Å². The Bertz CT molecular complexity index is 189. The van der Waals surface area contributed by atoms with Crippen LogP contribution in [0.2, 0.25) is 0 Å². The SMILES string of the molecule is C[S+](C)Cc1cccnc1.[Cl-]. The van der Waals surface area contributed by atoms with Crippen molar-refractivity contribution in [2.75, 3.05) is 12.5 Å². The van der Waals surface area contributed by atoms with Crippen molar-refractivity contribution in [1.82, 2.24) is 4.98 Å². The molecule has 62 valence electrons. The molecule has 0 aliphatic carbocycles. The van der Waals surface area contributed by atoms with Crippen molar-refractivity contribution in [2.45, 2.75) is 5.75 Å². The lowest BCUT2D eigenvalue weighted by Crippen LogP contribution is -3.00. The molecule has 0 aliphatic rings. The Morgan fingerprint density at radius 2 is 2.18 bits per heavy atom. The maximum Gasteiger partial charge on any atom is 0.134 e. The van der Waals surface area contributed by atoms with E-state index in [0.717, 1.165) is 5.75 Å². The molecule has 0 bridgehead atoms. The number of hydrogen-bond acceptors (Lipinski definition) is 1. The minimum atomic E-state index is 0. The molecular formula is C8H12ClNS. The highest BCUT2D eigenvalue weighted by Crippen LogP contribution is 2.01. The van der Waals surface area contributed by atoms with Gasteiger partial charge in [0.1, 0.15) is 5.75 Å². The molecule has 0 amide bonds. The van der Waals surface area contributed by atoms with Gasteiger partial charge in [0.2, 0.25) is 0 Å². The van der Waals surface area contributed by atoms with E-state index in [0.29, 0.717) is 10.9 Å². The van der Waals surface area contributed by atoms with Gasteiger partial charge in [-0.05, 0) is 17.0 Å². The summed E-state index contributed by atoms with van der Waals surface area (Å²) in [5.41, 5.74) is 1.34. The van der Waals surface area contributed by atoms with E-state index in [9.17, 15) is 0 Å². The summed E-state index contributed by atoms with van der Waals surface area (Å²) in [7, 11) is 0.493. The van der Waals surface area contributed by atoms with E-state index in [1.165, 1.54) is 5.56 Å². The van der Waals surface area contributed by atoms with Gasteiger partial charge >= 0.3 is 0 Å². The van der Waals surface area contributed by atoms with Crippen molar-refractivity contribution < 1.29 is 12.4 Å². The Morgan fingerprint density at radius 1 is 1.45 bits per heavy atom. The molecule has 0 aliphatic heterocycles. The minimum Gasteiger partial charge on any atom is -1.00 e. The molecule has 0 saturated heterocycles. The van der Waals surface area contributed by atoms with Gasteiger partial charge in [0.05, 0.1) is 12.5 Å². The van der Waals surface area contributed by atoms with Crippen molar-refractivity contribution in [3.8, 4) is 0 Å². The van der Waals surface area contributed by atoms with Gasteiger partial charge in [-0.15, -0.1) is 0 Å². The second-order valence-corrected chi connectivity index (χ2v) is 4.75. The molecule has 1 heterocycles. The Balaban J connectivity index is 0.000001000. The van der Waals surface area contributed by atoms with Crippen LogP contribution in [0.3, 0.4) is 0 Å². The lowest BCUT2D eigenvalue weighted by Gasteiger charge is -1.95. The first-order chi connectivity index (χ1) is 4.79. The third-order valence-electron chi connectivity index (χ3n) is 1.18. The van der Waals surface area contributed by atoms with Crippen molar-refractivity contribution in [2.24, 2.45) is 0 Å². The maximum absolute atomic E-state index is 4.04. The second kappa shape index (κ2) is 5.44. The van der Waals surface area contributed by atoms with Gasteiger partial charge in [0, 0.05) is 18.0 Å². The van der Waals surface area contributed by atoms with Crippen LogP contribution in [0.25, 0.3) is 0 Å². The number of hydrogen-bond donors (Lipinski definition) is 0. The Hall–Kier alpha value is -0.210. The summed E-state index contributed by atoms with van der Waals surface area (Å²) in [4.78, 5) is 4.04. The smallest absolute Gasteiger partial charge is 0.134 e. The third kappa shape index (κ3) is 4.27. The van der Waals surface area contributed by atoms with Crippen LogP contribution in [-0.2, 0) is 16.6 Å². The predicted molar refractivity (Wildman–Crippen MR) is 47.2 cm³/mol. The molecule has 1 aromatic heterocycles. The van der Waals surface area contributed by atoms with Crippen LogP contribution in [0.15, 0.2) is 24.5 Å². The van der Waals surface area contributed by atoms with Crippen molar-refractivity contribution >= 4 is 10.9 Å². The summed E-state index contributed by atoms with van der Waals surface area (Å²) in [5, 5.41) is 0. The first kappa shape index (κ1) is 10.8. The largest absolute Gasteiger partial charge is 1.00 e. The molecule has 0 unspecified atom stereocenters. The average Bonchev–Trinajstić information content (AvgIpc) is 1.88. The molecule has 0 fully saturated rings. The molecule has 11 heavy (non-hydrogen) atoms. The van der Waals surface area contributed by atoms with Crippen molar-refractivity contribution in [3.05, 3.63) is 30.1 Å². The van der Waals surface area contributed by atoms with E-state index >= 15 is 0 Å². The zero-order valence-electron chi connectivity index (χ0n) is 6.75. The van der Waals surface area contributed by atoms with Gasteiger partial charge in [-0.25, -0.2) is 0 Å². The van der Waals surface area contributed by atoms with Crippen LogP contribution in [0, 0.1) is 0 Å². The lowest BCUT2D eigenvalue weighted by atomic mass is 10.3. The zero-order valence-corrected chi connectivity index (χ0v) is 8.32. The van der Waals surface area contributed by atoms with Crippen molar-refractivity contribution in [1.29, 1.82) is 0 Å². The molecule has 0 radical (unpaired) electrons. The van der Waals surface area contributed by atoms with Crippen LogP contribution < -0.4 is 12.4 Å². The number of pyridine rings is 1. The summed E-state index contributed by atoms with van der Waals surface area (Å²) in [6, 6.07) is 4.11. The second-order valence-electron chi connectivity index (χ2n) is 2.49. The van der Waals surface area contributed by atoms with E-state index in [-0.39, 0.29) is 12.4 Å². The van der Waals surface area contributed by atoms with Gasteiger partial charge in [0.15, 0.2) is 0 Å². The van der Waals surface area contributed by atoms with Gasteiger partial charge in [-0.2, -0.15) is 0 Å². The molecule has 1 aromatic rings. The van der Waals surface area contributed by atoms with Crippen LogP contribution in [0.1, 0.15) is 5.56 Å². The quantitative estimate of drug-likeness (QED) is 0.515. The first-order valence-corrected chi connectivity index (χ1v) is 5.43. The normalized spacial score (nSPS) is 9.36. The average molecular weight is 190 g/mol. The van der Waals surface area contributed by atoms with Gasteiger partial charge in [-0.3, -0.25) is 4.98 Å². The fourth-order valence-corrected chi connectivity index (χ4v) is 1.65. The summed E-state index contributed by atoms with van der Waals surface area (Å²) >= 11 is 0. The molecule has 0 N–H and O–H groups in total. The summed E-state index contributed by atoms with van der Waals surface area (Å²) in [5.74, 6) is 1.16. The lowest BCUT2D eigenvalue weighted by molar-refractivity contribution is -0.00000229. The Kier molecular flexibility index (Phi) is 5.34. The molecule has 0 atom stereocenters. The summed E-state index contributed by atoms with van der Waals surface area (Å²) in [6.45, 7) is 0. The highest BCUT2D eigenvalue weighted by atomic mass is 35.5. The molecule has 0 aromatic carbocycles. The topological polar surface area (TPSA) is 12.9 Å². The molecule has 1 rings (SSSR count). The van der Waals surface area contributed by atoms with Crippen LogP contribution >= 0.6 is 0 Å². The standard InChI is InChI=1S/C8H12NS.ClH/c1-10(2)7-8-4-3-5-9-6-8;/h3-6H,7H2,1-2H3;1H/q+1;/p-1. The molecule has 0 saturated carbocycles. The fourth-order valence-electron chi connectivity index (χ4n) is 0.817. The number of halogens is 1. The summed E-state index contributed by atoms with van der Waals surface area (Å²) in [6.07, 6.45) is 8.24. The monoisotopic (exact) mass is 189 g/mol. The van der Waals surface area contributed by atoms with Crippen LogP contribution in [-0.4, -0.2) is 17.5 Å². The number of rotatable bonds is 2. The van der Waals surface area contributed by atoms with E-state index < -0.39 is 0 Å². The van der Waals surface area contributed by atoms with Crippen LogP contribution in [0.5, 0.6) is 0 Å². The molecular weight excluding hydrogens is 178 g/mol. The zero-order chi connectivity index (χ0) is 7.40. The van der Waals surface area contributed by atoms with E-state index in [4.69, 9.17) is 0 Å². The molecule has 0 spiro atoms. The minimum absolute atomic E-state index is 0. The Labute approximate surface area is 77.0 Å². The van der Waals surface area contributed by atoms with E-state index in [1.807, 2.05) is 18.5 Å². The highest BCUT2D eigenvalue weighted by Gasteiger charge is 2.02. The third-order valence-corrected chi connectivity index (χ3v) is 2.09. The highest BCUT2D eigenvalue weighted by molar-refractivity contribution is 7.94. The fraction of sp³-hybridized carbons (Fsp3) is 0.375. The number of aromatic nitrogens is 1. The van der Waals surface area contributed by atoms with E-state index in [1.54, 1.807) is 0 Å². The number of nitrogens with zero attached hydrogens (tertiary/aromatic N) is 1. The Morgan fingerprint density at radius 3 is 2.64 bits per heavy atom. The van der Waals surface area contributed by atoms with Gasteiger partial charge < -0.3 is 12.4 Å². The van der Waals surface area contributed by atoms with Crippen LogP contribution in [0.4, 0.5) is 0 Å².